The molecule has 0 aromatic heterocycles. The highest BCUT2D eigenvalue weighted by Crippen LogP contribution is 2.59. The molecule has 3 aliphatic carbocycles. The van der Waals surface area contributed by atoms with Crippen molar-refractivity contribution in [3.8, 4) is 0 Å². The molecule has 2 bridgehead atoms. The smallest absolute Gasteiger partial charge is 0.0463 e. The number of hydrogen-bond acceptors (Lipinski definition) is 2. The Hall–Kier alpha value is -2.16. The van der Waals surface area contributed by atoms with E-state index in [0.29, 0.717) is 0 Å². The van der Waals surface area contributed by atoms with Crippen molar-refractivity contribution in [2.45, 2.75) is 137 Å². The molecular weight excluding hydrogens is 585 g/mol. The lowest BCUT2D eigenvalue weighted by Crippen LogP contribution is -2.19. The normalized spacial score (nSPS) is 20.9. The standard InChI is InChI=1S/C12H18.2C8H10.C6H14O.C4H8.C2H6O.2C2H6.2CH4/c1-7-5-8(2)12-10-4-3-9(6-10)11(7)12;2*1-7-3-5-8(2)6-4-7;1-3-5-7-6-4-2;1-3-4-2;1-3-2;2*1-2;;/h3-4,7-12H,5-6H2,1-2H3;2*3-6H,1-2H3;3-6H2,1-2H3;3H,1,4H2,2H3;1-2H3;2*1-2H3;2*1H4. The number of allylic oxidation sites excluding steroid dienone is 3. The van der Waals surface area contributed by atoms with Gasteiger partial charge in [0.1, 0.15) is 0 Å². The van der Waals surface area contributed by atoms with Crippen molar-refractivity contribution >= 4 is 0 Å². The van der Waals surface area contributed by atoms with E-state index in [9.17, 15) is 0 Å². The van der Waals surface area contributed by atoms with Crippen LogP contribution < -0.4 is 0 Å². The van der Waals surface area contributed by atoms with Gasteiger partial charge in [-0.15, -0.1) is 6.58 Å². The van der Waals surface area contributed by atoms with Gasteiger partial charge in [-0.3, -0.25) is 0 Å². The lowest BCUT2D eigenvalue weighted by Gasteiger charge is -2.25. The second-order valence-corrected chi connectivity index (χ2v) is 12.3. The van der Waals surface area contributed by atoms with Crippen molar-refractivity contribution in [3.63, 3.8) is 0 Å². The van der Waals surface area contributed by atoms with Gasteiger partial charge in [0.15, 0.2) is 0 Å². The SMILES string of the molecule is C.C.C=CCC.CC.CC.CC1CC(C)C2C3C=CC(C3)C12.CCCOCCC.COC.Cc1ccc(C)cc1.Cc1ccc(C)cc1. The van der Waals surface area contributed by atoms with Crippen LogP contribution in [0, 0.1) is 63.2 Å². The van der Waals surface area contributed by atoms with Crippen LogP contribution in [0.1, 0.15) is 132 Å². The lowest BCUT2D eigenvalue weighted by molar-refractivity contribution is 0.135. The molecule has 0 saturated heterocycles. The van der Waals surface area contributed by atoms with Gasteiger partial charge in [-0.25, -0.2) is 0 Å². The van der Waals surface area contributed by atoms with Crippen LogP contribution in [0.4, 0.5) is 0 Å². The Morgan fingerprint density at radius 2 is 0.854 bits per heavy atom. The van der Waals surface area contributed by atoms with Crippen molar-refractivity contribution in [1.29, 1.82) is 0 Å². The van der Waals surface area contributed by atoms with Crippen molar-refractivity contribution in [3.05, 3.63) is 95.6 Å². The zero-order valence-electron chi connectivity index (χ0n) is 33.3. The summed E-state index contributed by atoms with van der Waals surface area (Å²) in [6, 6.07) is 17.0. The van der Waals surface area contributed by atoms with Gasteiger partial charge in [-0.2, -0.15) is 0 Å². The maximum Gasteiger partial charge on any atom is 0.0463 e. The molecule has 0 spiro atoms. The molecule has 282 valence electrons. The summed E-state index contributed by atoms with van der Waals surface area (Å²) in [6.45, 7) is 33.0. The Bertz CT molecular complexity index is 816. The van der Waals surface area contributed by atoms with E-state index in [4.69, 9.17) is 4.74 Å². The highest BCUT2D eigenvalue weighted by atomic mass is 16.5. The summed E-state index contributed by atoms with van der Waals surface area (Å²) in [7, 11) is 3.25. The molecular formula is C46H86O2. The molecule has 5 rings (SSSR count). The van der Waals surface area contributed by atoms with E-state index in [1.54, 1.807) is 14.2 Å². The summed E-state index contributed by atoms with van der Waals surface area (Å²) >= 11 is 0. The molecule has 0 N–H and O–H groups in total. The molecule has 2 aromatic carbocycles. The minimum Gasteiger partial charge on any atom is -0.388 e. The van der Waals surface area contributed by atoms with Gasteiger partial charge in [-0.05, 0) is 95.3 Å². The number of rotatable bonds is 5. The van der Waals surface area contributed by atoms with Gasteiger partial charge in [0.2, 0.25) is 0 Å². The Balaban J connectivity index is -0.000000156. The van der Waals surface area contributed by atoms with Gasteiger partial charge >= 0.3 is 0 Å². The first-order valence-electron chi connectivity index (χ1n) is 18.4. The van der Waals surface area contributed by atoms with E-state index >= 15 is 0 Å². The summed E-state index contributed by atoms with van der Waals surface area (Å²) in [5.41, 5.74) is 5.32. The highest BCUT2D eigenvalue weighted by molar-refractivity contribution is 5.20. The van der Waals surface area contributed by atoms with Crippen LogP contribution in [0.5, 0.6) is 0 Å². The summed E-state index contributed by atoms with van der Waals surface area (Å²) in [5, 5.41) is 0. The number of hydrogen-bond donors (Lipinski definition) is 0. The minimum absolute atomic E-state index is 0. The number of methoxy groups -OCH3 is 1. The van der Waals surface area contributed by atoms with Crippen LogP contribution in [0.3, 0.4) is 0 Å². The molecule has 0 amide bonds. The fourth-order valence-corrected chi connectivity index (χ4v) is 6.07. The Morgan fingerprint density at radius 3 is 1.06 bits per heavy atom. The fraction of sp³-hybridized carbons (Fsp3) is 0.652. The minimum atomic E-state index is 0. The molecule has 2 saturated carbocycles. The van der Waals surface area contributed by atoms with Gasteiger partial charge in [0, 0.05) is 27.4 Å². The maximum absolute atomic E-state index is 5.13. The second-order valence-electron chi connectivity index (χ2n) is 12.3. The third-order valence-electron chi connectivity index (χ3n) is 8.06. The van der Waals surface area contributed by atoms with Crippen LogP contribution >= 0.6 is 0 Å². The first kappa shape index (κ1) is 55.3. The molecule has 6 atom stereocenters. The largest absolute Gasteiger partial charge is 0.388 e. The number of benzene rings is 2. The Kier molecular flexibility index (Phi) is 43.3. The first-order chi connectivity index (χ1) is 22.1. The molecule has 2 fully saturated rings. The summed E-state index contributed by atoms with van der Waals surface area (Å²) in [4.78, 5) is 0. The molecule has 6 unspecified atom stereocenters. The first-order valence-corrected chi connectivity index (χ1v) is 18.4. The maximum atomic E-state index is 5.13. The third-order valence-corrected chi connectivity index (χ3v) is 8.06. The van der Waals surface area contributed by atoms with E-state index in [2.05, 4.69) is 134 Å². The quantitative estimate of drug-likeness (QED) is 0.233. The number of aryl methyl sites for hydroxylation is 4. The summed E-state index contributed by atoms with van der Waals surface area (Å²) in [5.74, 6) is 6.08. The van der Waals surface area contributed by atoms with Gasteiger partial charge in [0.05, 0.1) is 0 Å². The molecule has 2 heteroatoms. The molecule has 0 aliphatic heterocycles. The van der Waals surface area contributed by atoms with E-state index in [1.165, 1.54) is 35.1 Å². The molecule has 0 radical (unpaired) electrons. The fourth-order valence-electron chi connectivity index (χ4n) is 6.07. The third kappa shape index (κ3) is 25.8. The van der Waals surface area contributed by atoms with Crippen LogP contribution in [0.25, 0.3) is 0 Å². The van der Waals surface area contributed by atoms with Crippen molar-refractivity contribution < 1.29 is 9.47 Å². The average molecular weight is 671 g/mol. The molecule has 48 heavy (non-hydrogen) atoms. The van der Waals surface area contributed by atoms with Crippen LogP contribution in [0.15, 0.2) is 73.3 Å². The van der Waals surface area contributed by atoms with E-state index in [0.717, 1.165) is 68.0 Å². The van der Waals surface area contributed by atoms with Crippen LogP contribution in [0.2, 0.25) is 0 Å². The molecule has 0 heterocycles. The highest BCUT2D eigenvalue weighted by Gasteiger charge is 2.52. The van der Waals surface area contributed by atoms with Crippen LogP contribution in [-0.4, -0.2) is 27.4 Å². The number of ether oxygens (including phenoxy) is 2. The lowest BCUT2D eigenvalue weighted by atomic mass is 9.80. The van der Waals surface area contributed by atoms with E-state index < -0.39 is 0 Å². The average Bonchev–Trinajstić information content (AvgIpc) is 3.78. The predicted molar refractivity (Wildman–Crippen MR) is 223 cm³/mol. The molecule has 2 nitrogen and oxygen atoms in total. The zero-order valence-corrected chi connectivity index (χ0v) is 33.3. The monoisotopic (exact) mass is 671 g/mol. The van der Waals surface area contributed by atoms with Crippen molar-refractivity contribution in [2.24, 2.45) is 35.5 Å². The summed E-state index contributed by atoms with van der Waals surface area (Å²) in [6.07, 6.45) is 13.2. The van der Waals surface area contributed by atoms with Crippen molar-refractivity contribution in [1.82, 2.24) is 0 Å². The van der Waals surface area contributed by atoms with Crippen LogP contribution in [-0.2, 0) is 9.47 Å². The van der Waals surface area contributed by atoms with Gasteiger partial charge in [0.25, 0.3) is 0 Å². The Morgan fingerprint density at radius 1 is 0.604 bits per heavy atom. The zero-order chi connectivity index (χ0) is 35.9. The topological polar surface area (TPSA) is 18.5 Å². The number of fused-ring (bicyclic) bond motifs is 5. The van der Waals surface area contributed by atoms with E-state index in [-0.39, 0.29) is 14.9 Å². The molecule has 3 aliphatic rings. The van der Waals surface area contributed by atoms with Crippen molar-refractivity contribution in [2.75, 3.05) is 27.4 Å². The second kappa shape index (κ2) is 37.7. The van der Waals surface area contributed by atoms with E-state index in [1.807, 2.05) is 33.8 Å². The van der Waals surface area contributed by atoms with Gasteiger partial charge in [-0.1, -0.05) is 166 Å². The van der Waals surface area contributed by atoms with Gasteiger partial charge < -0.3 is 9.47 Å². The Labute approximate surface area is 304 Å². The summed E-state index contributed by atoms with van der Waals surface area (Å²) < 4.78 is 9.38. The molecule has 2 aromatic rings. The predicted octanol–water partition coefficient (Wildman–Crippen LogP) is 14.7.